The molecule has 9 nitrogen and oxygen atoms in total. The van der Waals surface area contributed by atoms with Crippen LogP contribution in [-0.2, 0) is 14.6 Å². The topological polar surface area (TPSA) is 131 Å². The number of carbonyl (C=O) groups is 2. The van der Waals surface area contributed by atoms with Gasteiger partial charge in [0.05, 0.1) is 16.3 Å². The van der Waals surface area contributed by atoms with Crippen molar-refractivity contribution < 1.29 is 22.7 Å². The second kappa shape index (κ2) is 11.0. The van der Waals surface area contributed by atoms with Crippen LogP contribution in [0.5, 0.6) is 0 Å². The van der Waals surface area contributed by atoms with E-state index >= 15 is 0 Å². The summed E-state index contributed by atoms with van der Waals surface area (Å²) in [5.41, 5.74) is 9.27. The highest BCUT2D eigenvalue weighted by Crippen LogP contribution is 2.28. The quantitative estimate of drug-likeness (QED) is 0.405. The lowest BCUT2D eigenvalue weighted by atomic mass is 10.0. The molecule has 35 heavy (non-hydrogen) atoms. The van der Waals surface area contributed by atoms with Crippen molar-refractivity contribution in [3.63, 3.8) is 0 Å². The Morgan fingerprint density at radius 1 is 0.914 bits per heavy atom. The Morgan fingerprint density at radius 2 is 1.54 bits per heavy atom. The normalized spacial score (nSPS) is 11.2. The number of hydrogen-bond donors (Lipinski definition) is 3. The second-order valence-electron chi connectivity index (χ2n) is 8.19. The molecule has 3 rings (SSSR count). The molecule has 0 aliphatic rings. The first kappa shape index (κ1) is 25.7. The zero-order chi connectivity index (χ0) is 25.6. The lowest BCUT2D eigenvalue weighted by Gasteiger charge is -2.12. The van der Waals surface area contributed by atoms with E-state index in [0.29, 0.717) is 29.2 Å². The van der Waals surface area contributed by atoms with Crippen molar-refractivity contribution in [1.82, 2.24) is 4.90 Å². The number of ether oxygens (including phenoxy) is 1. The number of nitrogens with two attached hydrogens (primary N) is 1. The molecule has 0 aliphatic carbocycles. The maximum absolute atomic E-state index is 12.8. The van der Waals surface area contributed by atoms with E-state index in [1.807, 2.05) is 19.0 Å². The minimum atomic E-state index is -3.29. The molecule has 0 heterocycles. The average Bonchev–Trinajstić information content (AvgIpc) is 2.80. The van der Waals surface area contributed by atoms with E-state index in [-0.39, 0.29) is 17.4 Å². The molecule has 184 valence electrons. The van der Waals surface area contributed by atoms with Crippen molar-refractivity contribution in [3.05, 3.63) is 72.3 Å². The molecular formula is C25H28N4O5S. The zero-order valence-corrected chi connectivity index (χ0v) is 20.6. The van der Waals surface area contributed by atoms with Gasteiger partial charge in [-0.1, -0.05) is 18.2 Å². The fourth-order valence-electron chi connectivity index (χ4n) is 3.11. The van der Waals surface area contributed by atoms with E-state index < -0.39 is 15.9 Å². The molecular weight excluding hydrogens is 468 g/mol. The summed E-state index contributed by atoms with van der Waals surface area (Å²) in [7, 11) is 0.475. The van der Waals surface area contributed by atoms with Crippen LogP contribution in [0.15, 0.2) is 71.6 Å². The molecule has 4 N–H and O–H groups in total. The molecule has 0 unspecified atom stereocenters. The van der Waals surface area contributed by atoms with Gasteiger partial charge >= 0.3 is 6.09 Å². The third-order valence-corrected chi connectivity index (χ3v) is 6.21. The fraction of sp³-hybridized carbons (Fsp3) is 0.200. The second-order valence-corrected chi connectivity index (χ2v) is 10.2. The van der Waals surface area contributed by atoms with Crippen molar-refractivity contribution in [2.75, 3.05) is 49.9 Å². The van der Waals surface area contributed by atoms with Crippen LogP contribution < -0.4 is 16.4 Å². The fourth-order valence-corrected chi connectivity index (χ4v) is 3.74. The van der Waals surface area contributed by atoms with Crippen LogP contribution in [0.4, 0.5) is 21.9 Å². The highest BCUT2D eigenvalue weighted by Gasteiger charge is 2.12. The average molecular weight is 497 g/mol. The highest BCUT2D eigenvalue weighted by atomic mass is 32.2. The summed E-state index contributed by atoms with van der Waals surface area (Å²) in [6.07, 6.45) is 0.581. The van der Waals surface area contributed by atoms with E-state index in [2.05, 4.69) is 10.6 Å². The molecule has 0 bridgehead atoms. The molecule has 0 aromatic heterocycles. The summed E-state index contributed by atoms with van der Waals surface area (Å²) in [5, 5.41) is 5.40. The van der Waals surface area contributed by atoms with Crippen LogP contribution in [-0.4, -0.2) is 58.8 Å². The van der Waals surface area contributed by atoms with Gasteiger partial charge in [0.15, 0.2) is 9.84 Å². The molecule has 0 saturated heterocycles. The molecule has 3 aromatic rings. The van der Waals surface area contributed by atoms with E-state index in [1.165, 1.54) is 12.1 Å². The third-order valence-electron chi connectivity index (χ3n) is 5.08. The van der Waals surface area contributed by atoms with E-state index in [0.717, 1.165) is 17.4 Å². The summed E-state index contributed by atoms with van der Waals surface area (Å²) in [6.45, 7) is 0.879. The zero-order valence-electron chi connectivity index (χ0n) is 19.7. The van der Waals surface area contributed by atoms with Gasteiger partial charge in [-0.3, -0.25) is 10.1 Å². The predicted octanol–water partition coefficient (Wildman–Crippen LogP) is 3.70. The number of amides is 2. The lowest BCUT2D eigenvalue weighted by Crippen LogP contribution is -2.22. The number of carbonyl (C=O) groups excluding carboxylic acids is 2. The first-order valence-corrected chi connectivity index (χ1v) is 12.6. The van der Waals surface area contributed by atoms with Gasteiger partial charge in [-0.05, 0) is 73.8 Å². The van der Waals surface area contributed by atoms with Crippen LogP contribution in [0.25, 0.3) is 11.1 Å². The summed E-state index contributed by atoms with van der Waals surface area (Å²) in [6, 6.07) is 18.0. The summed E-state index contributed by atoms with van der Waals surface area (Å²) < 4.78 is 28.4. The molecule has 0 saturated carbocycles. The molecule has 10 heteroatoms. The summed E-state index contributed by atoms with van der Waals surface area (Å²) in [5.74, 6) is -0.374. The molecule has 0 fully saturated rings. The number of nitrogens with zero attached hydrogens (tertiary/aromatic N) is 1. The molecule has 2 amide bonds. The highest BCUT2D eigenvalue weighted by molar-refractivity contribution is 7.90. The maximum Gasteiger partial charge on any atom is 0.411 e. The largest absolute Gasteiger partial charge is 0.448 e. The van der Waals surface area contributed by atoms with Gasteiger partial charge in [0, 0.05) is 24.1 Å². The molecule has 3 aromatic carbocycles. The number of likely N-dealkylation sites (N-methyl/N-ethyl adjacent to an activating group) is 1. The van der Waals surface area contributed by atoms with Crippen molar-refractivity contribution in [1.29, 1.82) is 0 Å². The lowest BCUT2D eigenvalue weighted by molar-refractivity contribution is 0.102. The van der Waals surface area contributed by atoms with Crippen LogP contribution in [0.3, 0.4) is 0 Å². The Balaban J connectivity index is 1.67. The monoisotopic (exact) mass is 496 g/mol. The Hall–Kier alpha value is -3.89. The first-order valence-electron chi connectivity index (χ1n) is 10.7. The predicted molar refractivity (Wildman–Crippen MR) is 137 cm³/mol. The van der Waals surface area contributed by atoms with Crippen molar-refractivity contribution in [2.45, 2.75) is 4.90 Å². The standard InChI is InChI=1S/C25H28N4O5S/c1-29(2)14-15-34-25(31)27-20-9-4-18(5-10-20)24(30)28-23-16-19(8-13-22(23)26)17-6-11-21(12-7-17)35(3,32)33/h4-13,16H,14-15,26H2,1-3H3,(H,27,31)(H,28,30). The Bertz CT molecular complexity index is 1300. The molecule has 0 radical (unpaired) electrons. The number of hydrogen-bond acceptors (Lipinski definition) is 7. The Kier molecular flexibility index (Phi) is 8.10. The number of nitrogens with one attached hydrogen (secondary N) is 2. The van der Waals surface area contributed by atoms with Crippen LogP contribution in [0.2, 0.25) is 0 Å². The smallest absolute Gasteiger partial charge is 0.411 e. The van der Waals surface area contributed by atoms with Gasteiger partial charge < -0.3 is 20.7 Å². The summed E-state index contributed by atoms with van der Waals surface area (Å²) in [4.78, 5) is 26.7. The SMILES string of the molecule is CN(C)CCOC(=O)Nc1ccc(C(=O)Nc2cc(-c3ccc(S(C)(=O)=O)cc3)ccc2N)cc1. The van der Waals surface area contributed by atoms with Crippen molar-refractivity contribution in [2.24, 2.45) is 0 Å². The van der Waals surface area contributed by atoms with Gasteiger partial charge in [-0.25, -0.2) is 13.2 Å². The molecule has 0 atom stereocenters. The van der Waals surface area contributed by atoms with Crippen molar-refractivity contribution in [3.8, 4) is 11.1 Å². The van der Waals surface area contributed by atoms with Gasteiger partial charge in [-0.15, -0.1) is 0 Å². The van der Waals surface area contributed by atoms with Gasteiger partial charge in [0.1, 0.15) is 6.61 Å². The van der Waals surface area contributed by atoms with E-state index in [1.54, 1.807) is 54.6 Å². The minimum Gasteiger partial charge on any atom is -0.448 e. The Morgan fingerprint density at radius 3 is 2.14 bits per heavy atom. The molecule has 0 spiro atoms. The maximum atomic E-state index is 12.8. The number of anilines is 3. The number of benzene rings is 3. The van der Waals surface area contributed by atoms with E-state index in [9.17, 15) is 18.0 Å². The van der Waals surface area contributed by atoms with Crippen LogP contribution in [0, 0.1) is 0 Å². The van der Waals surface area contributed by atoms with Crippen LogP contribution >= 0.6 is 0 Å². The molecule has 0 aliphatic heterocycles. The summed E-state index contributed by atoms with van der Waals surface area (Å²) >= 11 is 0. The number of rotatable bonds is 8. The minimum absolute atomic E-state index is 0.227. The van der Waals surface area contributed by atoms with Crippen molar-refractivity contribution >= 4 is 38.9 Å². The third kappa shape index (κ3) is 7.29. The van der Waals surface area contributed by atoms with Gasteiger partial charge in [0.2, 0.25) is 0 Å². The number of sulfone groups is 1. The van der Waals surface area contributed by atoms with Gasteiger partial charge in [-0.2, -0.15) is 0 Å². The number of nitrogen functional groups attached to an aromatic ring is 1. The van der Waals surface area contributed by atoms with Gasteiger partial charge in [0.25, 0.3) is 5.91 Å². The van der Waals surface area contributed by atoms with Crippen LogP contribution in [0.1, 0.15) is 10.4 Å². The van der Waals surface area contributed by atoms with E-state index in [4.69, 9.17) is 10.5 Å². The first-order chi connectivity index (χ1) is 16.5. The Labute approximate surface area is 204 Å².